The summed E-state index contributed by atoms with van der Waals surface area (Å²) in [5, 5.41) is 3.79. The van der Waals surface area contributed by atoms with Crippen LogP contribution in [0.3, 0.4) is 0 Å². The van der Waals surface area contributed by atoms with E-state index in [2.05, 4.69) is 45.5 Å². The Morgan fingerprint density at radius 2 is 1.91 bits per heavy atom. The fourth-order valence-corrected chi connectivity index (χ4v) is 5.10. The maximum Gasteiger partial charge on any atom is 0.222 e. The summed E-state index contributed by atoms with van der Waals surface area (Å²) in [5.41, 5.74) is 2.48. The number of likely N-dealkylation sites (tertiary alicyclic amines) is 1. The summed E-state index contributed by atoms with van der Waals surface area (Å²) in [4.78, 5) is 21.1. The molecule has 176 valence electrons. The lowest BCUT2D eigenvalue weighted by atomic mass is 9.79. The van der Waals surface area contributed by atoms with Crippen LogP contribution in [0.25, 0.3) is 0 Å². The van der Waals surface area contributed by atoms with E-state index in [0.29, 0.717) is 24.9 Å². The monoisotopic (exact) mass is 478 g/mol. The molecule has 2 aromatic rings. The smallest absolute Gasteiger partial charge is 0.222 e. The van der Waals surface area contributed by atoms with Crippen LogP contribution < -0.4 is 5.32 Å². The molecule has 0 saturated carbocycles. The molecule has 2 unspecified atom stereocenters. The summed E-state index contributed by atoms with van der Waals surface area (Å²) in [7, 11) is 1.89. The summed E-state index contributed by atoms with van der Waals surface area (Å²) >= 11 is 0. The van der Waals surface area contributed by atoms with Gasteiger partial charge in [0.05, 0.1) is 0 Å². The Bertz CT molecular complexity index is 808. The van der Waals surface area contributed by atoms with Crippen molar-refractivity contribution in [3.05, 3.63) is 66.0 Å². The molecule has 0 spiro atoms. The fourth-order valence-electron chi connectivity index (χ4n) is 5.10. The quantitative estimate of drug-likeness (QED) is 0.618. The first-order valence-electron chi connectivity index (χ1n) is 11.3. The molecule has 3 atom stereocenters. The van der Waals surface area contributed by atoms with Gasteiger partial charge in [-0.1, -0.05) is 36.4 Å². The maximum absolute atomic E-state index is 12.5. The Kier molecular flexibility index (Phi) is 10.9. The van der Waals surface area contributed by atoms with Crippen LogP contribution in [0, 0.1) is 11.8 Å². The Hall–Kier alpha value is -1.66. The second-order valence-electron chi connectivity index (χ2n) is 9.06. The molecule has 2 fully saturated rings. The van der Waals surface area contributed by atoms with Crippen molar-refractivity contribution in [3.63, 3.8) is 0 Å². The van der Waals surface area contributed by atoms with Crippen LogP contribution in [0.2, 0.25) is 0 Å². The average Bonchev–Trinajstić information content (AvgIpc) is 2.76. The molecule has 1 aromatic carbocycles. The fraction of sp³-hybridized carbons (Fsp3) is 0.520. The summed E-state index contributed by atoms with van der Waals surface area (Å²) in [6.07, 6.45) is 7.59. The maximum atomic E-state index is 12.5. The highest BCUT2D eigenvalue weighted by atomic mass is 35.5. The van der Waals surface area contributed by atoms with E-state index >= 15 is 0 Å². The summed E-state index contributed by atoms with van der Waals surface area (Å²) in [6.45, 7) is 5.16. The van der Waals surface area contributed by atoms with Crippen LogP contribution in [-0.4, -0.2) is 53.4 Å². The molecule has 7 heteroatoms. The Balaban J connectivity index is 0.00000181. The van der Waals surface area contributed by atoms with Gasteiger partial charge in [-0.25, -0.2) is 0 Å². The van der Waals surface area contributed by atoms with Crippen LogP contribution >= 0.6 is 24.8 Å². The lowest BCUT2D eigenvalue weighted by molar-refractivity contribution is -0.130. The number of piperidine rings is 2. The van der Waals surface area contributed by atoms with Crippen LogP contribution in [0.4, 0.5) is 0 Å². The minimum absolute atomic E-state index is 0. The molecule has 1 aromatic heterocycles. The van der Waals surface area contributed by atoms with E-state index in [-0.39, 0.29) is 30.7 Å². The van der Waals surface area contributed by atoms with Crippen molar-refractivity contribution < 1.29 is 4.79 Å². The number of nitrogens with one attached hydrogen (secondary N) is 1. The van der Waals surface area contributed by atoms with Gasteiger partial charge in [0.15, 0.2) is 0 Å². The lowest BCUT2D eigenvalue weighted by Gasteiger charge is -2.46. The van der Waals surface area contributed by atoms with Crippen molar-refractivity contribution in [2.45, 2.75) is 44.8 Å². The Labute approximate surface area is 204 Å². The third-order valence-corrected chi connectivity index (χ3v) is 6.61. The number of fused-ring (bicyclic) bond motifs is 2. The zero-order valence-electron chi connectivity index (χ0n) is 18.9. The van der Waals surface area contributed by atoms with E-state index in [4.69, 9.17) is 0 Å². The Morgan fingerprint density at radius 3 is 2.66 bits per heavy atom. The second kappa shape index (κ2) is 13.1. The number of halogens is 2. The number of pyridine rings is 1. The molecule has 2 aliphatic heterocycles. The van der Waals surface area contributed by atoms with Crippen molar-refractivity contribution >= 4 is 30.7 Å². The molecular weight excluding hydrogens is 443 g/mol. The highest BCUT2D eigenvalue weighted by molar-refractivity contribution is 5.85. The van der Waals surface area contributed by atoms with E-state index in [9.17, 15) is 4.79 Å². The van der Waals surface area contributed by atoms with Gasteiger partial charge in [0.25, 0.3) is 0 Å². The van der Waals surface area contributed by atoms with Gasteiger partial charge in [0.1, 0.15) is 0 Å². The first-order chi connectivity index (χ1) is 14.7. The third kappa shape index (κ3) is 7.45. The van der Waals surface area contributed by atoms with Crippen molar-refractivity contribution in [3.8, 4) is 0 Å². The molecule has 1 amide bonds. The molecule has 2 saturated heterocycles. The first kappa shape index (κ1) is 26.6. The minimum Gasteiger partial charge on any atom is -0.341 e. The zero-order chi connectivity index (χ0) is 20.8. The third-order valence-electron chi connectivity index (χ3n) is 6.61. The number of aromatic nitrogens is 1. The van der Waals surface area contributed by atoms with Gasteiger partial charge in [-0.05, 0) is 54.8 Å². The highest BCUT2D eigenvalue weighted by Crippen LogP contribution is 2.31. The molecule has 2 aliphatic rings. The molecule has 1 N–H and O–H groups in total. The van der Waals surface area contributed by atoms with E-state index in [1.165, 1.54) is 18.5 Å². The summed E-state index contributed by atoms with van der Waals surface area (Å²) < 4.78 is 0. The number of rotatable bonds is 8. The number of nitrogens with zero attached hydrogens (tertiary/aromatic N) is 3. The van der Waals surface area contributed by atoms with E-state index in [1.807, 2.05) is 30.3 Å². The van der Waals surface area contributed by atoms with E-state index in [0.717, 1.165) is 44.0 Å². The van der Waals surface area contributed by atoms with Crippen LogP contribution in [0.1, 0.15) is 36.8 Å². The van der Waals surface area contributed by atoms with Crippen molar-refractivity contribution in [1.82, 2.24) is 20.1 Å². The number of hydrogen-bond acceptors (Lipinski definition) is 4. The van der Waals surface area contributed by atoms with Gasteiger partial charge >= 0.3 is 0 Å². The van der Waals surface area contributed by atoms with Crippen molar-refractivity contribution in [1.29, 1.82) is 0 Å². The molecule has 4 rings (SSSR count). The highest BCUT2D eigenvalue weighted by Gasteiger charge is 2.36. The van der Waals surface area contributed by atoms with Crippen molar-refractivity contribution in [2.75, 3.05) is 26.7 Å². The van der Waals surface area contributed by atoms with Gasteiger partial charge in [0, 0.05) is 58.1 Å². The number of carbonyl (C=O) groups is 1. The van der Waals surface area contributed by atoms with Gasteiger partial charge in [-0.3, -0.25) is 14.7 Å². The van der Waals surface area contributed by atoms with Gasteiger partial charge in [-0.15, -0.1) is 24.8 Å². The van der Waals surface area contributed by atoms with Crippen LogP contribution in [0.15, 0.2) is 54.9 Å². The first-order valence-corrected chi connectivity index (χ1v) is 11.3. The van der Waals surface area contributed by atoms with E-state index in [1.54, 1.807) is 6.20 Å². The SMILES string of the molecule is CN(Cc1cccnc1)C(=O)CCC[C@H]1NCC2CC1CN(Cc1ccccc1)C2.Cl.Cl. The normalized spacial score (nSPS) is 22.3. The van der Waals surface area contributed by atoms with Gasteiger partial charge in [0.2, 0.25) is 5.91 Å². The van der Waals surface area contributed by atoms with Crippen LogP contribution in [-0.2, 0) is 17.9 Å². The summed E-state index contributed by atoms with van der Waals surface area (Å²) in [6, 6.07) is 15.3. The molecule has 5 nitrogen and oxygen atoms in total. The van der Waals surface area contributed by atoms with Crippen LogP contribution in [0.5, 0.6) is 0 Å². The van der Waals surface area contributed by atoms with Crippen molar-refractivity contribution in [2.24, 2.45) is 11.8 Å². The molecule has 0 radical (unpaired) electrons. The number of hydrogen-bond donors (Lipinski definition) is 1. The molecule has 3 heterocycles. The number of benzene rings is 1. The predicted molar refractivity (Wildman–Crippen MR) is 134 cm³/mol. The lowest BCUT2D eigenvalue weighted by Crippen LogP contribution is -2.55. The minimum atomic E-state index is 0. The number of amides is 1. The van der Waals surface area contributed by atoms with E-state index < -0.39 is 0 Å². The molecular formula is C25H36Cl2N4O. The largest absolute Gasteiger partial charge is 0.341 e. The topological polar surface area (TPSA) is 48.5 Å². The molecule has 0 aliphatic carbocycles. The standard InChI is InChI=1S/C25H34N4O.2ClH/c1-28(16-21-9-6-12-26-14-21)25(30)11-5-10-24-23-13-22(15-27-24)18-29(19-23)17-20-7-3-2-4-8-20;;/h2-4,6-9,12,14,22-24,27H,5,10-11,13,15-19H2,1H3;2*1H/t22?,23?,24-;;/m1../s1. The predicted octanol–water partition coefficient (Wildman–Crippen LogP) is 4.16. The second-order valence-corrected chi connectivity index (χ2v) is 9.06. The molecule has 2 bridgehead atoms. The zero-order valence-corrected chi connectivity index (χ0v) is 20.5. The Morgan fingerprint density at radius 1 is 1.12 bits per heavy atom. The number of carbonyl (C=O) groups excluding carboxylic acids is 1. The molecule has 32 heavy (non-hydrogen) atoms. The van der Waals surface area contributed by atoms with Gasteiger partial charge < -0.3 is 10.2 Å². The van der Waals surface area contributed by atoms with Gasteiger partial charge in [-0.2, -0.15) is 0 Å². The average molecular weight is 479 g/mol. The summed E-state index contributed by atoms with van der Waals surface area (Å²) in [5.74, 6) is 1.68.